The Morgan fingerprint density at radius 2 is 2.43 bits per heavy atom. The minimum Gasteiger partial charge on any atom is -0.393 e. The van der Waals surface area contributed by atoms with Gasteiger partial charge in [-0.05, 0) is 25.8 Å². The van der Waals surface area contributed by atoms with Crippen molar-refractivity contribution >= 4 is 17.3 Å². The Morgan fingerprint density at radius 1 is 1.64 bits per heavy atom. The van der Waals surface area contributed by atoms with Crippen molar-refractivity contribution in [3.8, 4) is 0 Å². The molecule has 0 aliphatic heterocycles. The molecule has 0 amide bonds. The number of halogens is 1. The second-order valence-electron chi connectivity index (χ2n) is 3.27. The molecule has 3 nitrogen and oxygen atoms in total. The first-order valence-corrected chi connectivity index (χ1v) is 5.09. The van der Waals surface area contributed by atoms with Crippen LogP contribution in [0.25, 0.3) is 0 Å². The molecule has 0 saturated heterocycles. The largest absolute Gasteiger partial charge is 0.393 e. The lowest BCUT2D eigenvalue weighted by atomic mass is 10.2. The third kappa shape index (κ3) is 3.94. The molecule has 2 N–H and O–H groups in total. The molecule has 0 fully saturated rings. The standard InChI is InChI=1S/C10H15ClN2O/c1-8(14)3-2-5-13-10-4-6-12-7-9(10)11/h4,6-8,14H,2-3,5H2,1H3,(H,12,13). The van der Waals surface area contributed by atoms with Gasteiger partial charge < -0.3 is 10.4 Å². The summed E-state index contributed by atoms with van der Waals surface area (Å²) in [7, 11) is 0. The van der Waals surface area contributed by atoms with Gasteiger partial charge in [0.25, 0.3) is 0 Å². The minimum atomic E-state index is -0.232. The third-order valence-corrected chi connectivity index (χ3v) is 2.19. The summed E-state index contributed by atoms with van der Waals surface area (Å²) in [5.41, 5.74) is 0.896. The quantitative estimate of drug-likeness (QED) is 0.740. The molecule has 0 bridgehead atoms. The molecule has 1 heterocycles. The molecule has 0 aliphatic carbocycles. The van der Waals surface area contributed by atoms with Crippen LogP contribution in [0.3, 0.4) is 0 Å². The lowest BCUT2D eigenvalue weighted by molar-refractivity contribution is 0.183. The van der Waals surface area contributed by atoms with Crippen molar-refractivity contribution in [1.82, 2.24) is 4.98 Å². The highest BCUT2D eigenvalue weighted by Crippen LogP contribution is 2.18. The summed E-state index contributed by atoms with van der Waals surface area (Å²) in [5.74, 6) is 0. The highest BCUT2D eigenvalue weighted by Gasteiger charge is 1.98. The Labute approximate surface area is 89.1 Å². The topological polar surface area (TPSA) is 45.1 Å². The normalized spacial score (nSPS) is 12.5. The van der Waals surface area contributed by atoms with E-state index in [-0.39, 0.29) is 6.10 Å². The van der Waals surface area contributed by atoms with E-state index < -0.39 is 0 Å². The number of anilines is 1. The van der Waals surface area contributed by atoms with Crippen LogP contribution in [-0.2, 0) is 0 Å². The summed E-state index contributed by atoms with van der Waals surface area (Å²) in [5, 5.41) is 12.9. The molecule has 0 saturated carbocycles. The molecule has 1 aromatic heterocycles. The second-order valence-corrected chi connectivity index (χ2v) is 3.68. The van der Waals surface area contributed by atoms with E-state index in [0.717, 1.165) is 25.1 Å². The third-order valence-electron chi connectivity index (χ3n) is 1.89. The second kappa shape index (κ2) is 5.83. The number of rotatable bonds is 5. The van der Waals surface area contributed by atoms with Crippen molar-refractivity contribution in [1.29, 1.82) is 0 Å². The average Bonchev–Trinajstić information content (AvgIpc) is 2.15. The van der Waals surface area contributed by atoms with E-state index in [9.17, 15) is 0 Å². The maximum absolute atomic E-state index is 9.04. The summed E-state index contributed by atoms with van der Waals surface area (Å²) in [4.78, 5) is 3.89. The molecule has 0 aromatic carbocycles. The molecule has 1 rings (SSSR count). The van der Waals surface area contributed by atoms with Crippen LogP contribution in [0, 0.1) is 0 Å². The first-order chi connectivity index (χ1) is 6.70. The van der Waals surface area contributed by atoms with E-state index in [4.69, 9.17) is 16.7 Å². The molecule has 14 heavy (non-hydrogen) atoms. The van der Waals surface area contributed by atoms with E-state index in [1.807, 2.05) is 6.07 Å². The maximum atomic E-state index is 9.04. The Balaban J connectivity index is 2.28. The van der Waals surface area contributed by atoms with Crippen LogP contribution in [0.5, 0.6) is 0 Å². The van der Waals surface area contributed by atoms with Crippen LogP contribution < -0.4 is 5.32 Å². The van der Waals surface area contributed by atoms with Gasteiger partial charge in [0.2, 0.25) is 0 Å². The van der Waals surface area contributed by atoms with E-state index in [2.05, 4.69) is 10.3 Å². The van der Waals surface area contributed by atoms with Crippen molar-refractivity contribution in [2.24, 2.45) is 0 Å². The lowest BCUT2D eigenvalue weighted by Crippen LogP contribution is -2.06. The molecule has 1 unspecified atom stereocenters. The molecular weight excluding hydrogens is 200 g/mol. The fourth-order valence-electron chi connectivity index (χ4n) is 1.14. The highest BCUT2D eigenvalue weighted by molar-refractivity contribution is 6.33. The number of hydrogen-bond donors (Lipinski definition) is 2. The molecular formula is C10H15ClN2O. The van der Waals surface area contributed by atoms with Crippen LogP contribution in [0.15, 0.2) is 18.5 Å². The summed E-state index contributed by atoms with van der Waals surface area (Å²) in [6.45, 7) is 2.61. The number of hydrogen-bond acceptors (Lipinski definition) is 3. The number of aliphatic hydroxyl groups is 1. The van der Waals surface area contributed by atoms with Gasteiger partial charge in [-0.2, -0.15) is 0 Å². The average molecular weight is 215 g/mol. The van der Waals surface area contributed by atoms with Crippen molar-refractivity contribution in [2.45, 2.75) is 25.9 Å². The number of nitrogens with zero attached hydrogens (tertiary/aromatic N) is 1. The zero-order valence-electron chi connectivity index (χ0n) is 8.20. The van der Waals surface area contributed by atoms with Gasteiger partial charge in [-0.1, -0.05) is 11.6 Å². The molecule has 0 aliphatic rings. The first-order valence-electron chi connectivity index (χ1n) is 4.71. The van der Waals surface area contributed by atoms with Gasteiger partial charge in [0.05, 0.1) is 16.8 Å². The Kier molecular flexibility index (Phi) is 4.70. The van der Waals surface area contributed by atoms with Gasteiger partial charge in [0, 0.05) is 18.9 Å². The van der Waals surface area contributed by atoms with Crippen molar-refractivity contribution in [3.63, 3.8) is 0 Å². The number of aromatic nitrogens is 1. The maximum Gasteiger partial charge on any atom is 0.0820 e. The summed E-state index contributed by atoms with van der Waals surface area (Å²) in [6, 6.07) is 1.84. The summed E-state index contributed by atoms with van der Waals surface area (Å²) < 4.78 is 0. The predicted molar refractivity (Wildman–Crippen MR) is 58.7 cm³/mol. The Hall–Kier alpha value is -0.800. The van der Waals surface area contributed by atoms with E-state index in [0.29, 0.717) is 5.02 Å². The number of nitrogens with one attached hydrogen (secondary N) is 1. The van der Waals surface area contributed by atoms with Gasteiger partial charge >= 0.3 is 0 Å². The fraction of sp³-hybridized carbons (Fsp3) is 0.500. The van der Waals surface area contributed by atoms with E-state index in [1.54, 1.807) is 19.3 Å². The number of aliphatic hydroxyl groups excluding tert-OH is 1. The zero-order chi connectivity index (χ0) is 10.4. The first kappa shape index (κ1) is 11.3. The van der Waals surface area contributed by atoms with Gasteiger partial charge in [0.15, 0.2) is 0 Å². The van der Waals surface area contributed by atoms with Crippen LogP contribution in [-0.4, -0.2) is 22.7 Å². The SMILES string of the molecule is CC(O)CCCNc1ccncc1Cl. The lowest BCUT2D eigenvalue weighted by Gasteiger charge is -2.08. The number of pyridine rings is 1. The van der Waals surface area contributed by atoms with Crippen LogP contribution in [0.1, 0.15) is 19.8 Å². The van der Waals surface area contributed by atoms with E-state index >= 15 is 0 Å². The Morgan fingerprint density at radius 3 is 3.07 bits per heavy atom. The monoisotopic (exact) mass is 214 g/mol. The zero-order valence-corrected chi connectivity index (χ0v) is 8.96. The van der Waals surface area contributed by atoms with Gasteiger partial charge in [-0.25, -0.2) is 0 Å². The van der Waals surface area contributed by atoms with Crippen molar-refractivity contribution < 1.29 is 5.11 Å². The molecule has 1 aromatic rings. The smallest absolute Gasteiger partial charge is 0.0820 e. The van der Waals surface area contributed by atoms with Gasteiger partial charge in [-0.15, -0.1) is 0 Å². The highest BCUT2D eigenvalue weighted by atomic mass is 35.5. The van der Waals surface area contributed by atoms with E-state index in [1.165, 1.54) is 0 Å². The summed E-state index contributed by atoms with van der Waals surface area (Å²) in [6.07, 6.45) is 4.80. The molecule has 0 radical (unpaired) electrons. The molecule has 1 atom stereocenters. The van der Waals surface area contributed by atoms with Crippen molar-refractivity contribution in [3.05, 3.63) is 23.5 Å². The minimum absolute atomic E-state index is 0.232. The van der Waals surface area contributed by atoms with Crippen molar-refractivity contribution in [2.75, 3.05) is 11.9 Å². The molecule has 4 heteroatoms. The fourth-order valence-corrected chi connectivity index (χ4v) is 1.33. The van der Waals surface area contributed by atoms with Crippen LogP contribution in [0.2, 0.25) is 5.02 Å². The Bertz CT molecular complexity index is 279. The van der Waals surface area contributed by atoms with Crippen LogP contribution in [0.4, 0.5) is 5.69 Å². The summed E-state index contributed by atoms with van der Waals surface area (Å²) >= 11 is 5.89. The molecule has 0 spiro atoms. The van der Waals surface area contributed by atoms with Gasteiger partial charge in [0.1, 0.15) is 0 Å². The van der Waals surface area contributed by atoms with Gasteiger partial charge in [-0.3, -0.25) is 4.98 Å². The predicted octanol–water partition coefficient (Wildman–Crippen LogP) is 2.31. The van der Waals surface area contributed by atoms with Crippen LogP contribution >= 0.6 is 11.6 Å². The molecule has 78 valence electrons.